The van der Waals surface area contributed by atoms with Crippen LogP contribution in [0.3, 0.4) is 0 Å². The number of Topliss-reactive ketones (excluding diaryl/α,β-unsaturated/α-hetero) is 1. The van der Waals surface area contributed by atoms with Gasteiger partial charge in [0.15, 0.2) is 5.78 Å². The van der Waals surface area contributed by atoms with Gasteiger partial charge in [-0.3, -0.25) is 14.4 Å². The minimum absolute atomic E-state index is 0.211. The minimum atomic E-state index is -1.87. The molecule has 0 saturated carbocycles. The van der Waals surface area contributed by atoms with E-state index in [-0.39, 0.29) is 29.6 Å². The highest BCUT2D eigenvalue weighted by Crippen LogP contribution is 2.38. The van der Waals surface area contributed by atoms with Crippen LogP contribution in [0.15, 0.2) is 83.8 Å². The molecule has 5 rings (SSSR count). The molecule has 10 heteroatoms. The number of carbonyl (C=O) groups excluding carboxylic acids is 2. The van der Waals surface area contributed by atoms with E-state index in [0.29, 0.717) is 32.9 Å². The highest BCUT2D eigenvalue weighted by atomic mass is 32.1. The molecular weight excluding hydrogens is 584 g/mol. The van der Waals surface area contributed by atoms with E-state index in [1.165, 1.54) is 42.0 Å². The third-order valence-electron chi connectivity index (χ3n) is 7.36. The van der Waals surface area contributed by atoms with Gasteiger partial charge >= 0.3 is 0 Å². The molecule has 1 amide bonds. The van der Waals surface area contributed by atoms with Gasteiger partial charge in [0.25, 0.3) is 0 Å². The predicted octanol–water partition coefficient (Wildman–Crippen LogP) is 5.44. The van der Waals surface area contributed by atoms with Gasteiger partial charge in [-0.15, -0.1) is 11.3 Å². The summed E-state index contributed by atoms with van der Waals surface area (Å²) in [5.41, 5.74) is 5.17. The molecule has 44 heavy (non-hydrogen) atoms. The number of nitrogens with zero attached hydrogens (tertiary/aromatic N) is 1. The summed E-state index contributed by atoms with van der Waals surface area (Å²) in [7, 11) is 0. The number of nitrogens with two attached hydrogens (primary N) is 1. The standard InChI is InChI=1S/C34H31F2N3O4S/c1-34(2,43)31(41)25-19-39(18-24-26(35)9-6-10-27(24)36)33-28(29(25)40)23(17-38-16-15-20-7-4-3-5-8-20)30(44-33)21-11-13-22(14-12-21)32(37)42/h3-14,19,38,43H,15-18H2,1-2H3,(H2,37,42). The molecule has 2 aromatic heterocycles. The fourth-order valence-electron chi connectivity index (χ4n) is 5.04. The molecule has 3 aromatic carbocycles. The van der Waals surface area contributed by atoms with Crippen LogP contribution in [0.2, 0.25) is 0 Å². The summed E-state index contributed by atoms with van der Waals surface area (Å²) >= 11 is 1.23. The molecule has 0 radical (unpaired) electrons. The Balaban J connectivity index is 1.70. The predicted molar refractivity (Wildman–Crippen MR) is 168 cm³/mol. The van der Waals surface area contributed by atoms with E-state index in [9.17, 15) is 28.3 Å². The largest absolute Gasteiger partial charge is 0.382 e. The second-order valence-corrected chi connectivity index (χ2v) is 12.0. The molecule has 0 atom stereocenters. The lowest BCUT2D eigenvalue weighted by molar-refractivity contribution is 0.0486. The van der Waals surface area contributed by atoms with E-state index >= 15 is 0 Å². The second kappa shape index (κ2) is 12.6. The van der Waals surface area contributed by atoms with Gasteiger partial charge in [-0.2, -0.15) is 0 Å². The zero-order valence-corrected chi connectivity index (χ0v) is 25.0. The number of carbonyl (C=O) groups is 2. The normalized spacial score (nSPS) is 11.7. The molecule has 5 aromatic rings. The molecular formula is C34H31F2N3O4S. The number of ketones is 1. The smallest absolute Gasteiger partial charge is 0.248 e. The Kier molecular flexibility index (Phi) is 8.87. The number of fused-ring (bicyclic) bond motifs is 1. The third-order valence-corrected chi connectivity index (χ3v) is 8.68. The first-order chi connectivity index (χ1) is 21.0. The number of aliphatic hydroxyl groups is 1. The lowest BCUT2D eigenvalue weighted by Crippen LogP contribution is -2.35. The van der Waals surface area contributed by atoms with Crippen LogP contribution in [-0.4, -0.2) is 33.5 Å². The summed E-state index contributed by atoms with van der Waals surface area (Å²) in [6.45, 7) is 3.08. The Bertz CT molecular complexity index is 1890. The van der Waals surface area contributed by atoms with Crippen LogP contribution >= 0.6 is 11.3 Å². The van der Waals surface area contributed by atoms with Gasteiger partial charge in [0, 0.05) is 28.7 Å². The quantitative estimate of drug-likeness (QED) is 0.135. The summed E-state index contributed by atoms with van der Waals surface area (Å²) in [6.07, 6.45) is 1.99. The number of thiophene rings is 1. The molecule has 0 fully saturated rings. The van der Waals surface area contributed by atoms with Crippen molar-refractivity contribution in [3.63, 3.8) is 0 Å². The maximum Gasteiger partial charge on any atom is 0.248 e. The van der Waals surface area contributed by atoms with Gasteiger partial charge in [-0.05, 0) is 67.8 Å². The first-order valence-corrected chi connectivity index (χ1v) is 14.8. The lowest BCUT2D eigenvalue weighted by Gasteiger charge is -2.18. The van der Waals surface area contributed by atoms with E-state index in [0.717, 1.165) is 24.1 Å². The van der Waals surface area contributed by atoms with Crippen LogP contribution in [0.4, 0.5) is 8.78 Å². The van der Waals surface area contributed by atoms with Crippen molar-refractivity contribution in [1.82, 2.24) is 9.88 Å². The zero-order chi connectivity index (χ0) is 31.6. The summed E-state index contributed by atoms with van der Waals surface area (Å²) < 4.78 is 31.1. The highest BCUT2D eigenvalue weighted by molar-refractivity contribution is 7.22. The van der Waals surface area contributed by atoms with E-state index in [1.54, 1.807) is 24.3 Å². The summed E-state index contributed by atoms with van der Waals surface area (Å²) in [5.74, 6) is -2.94. The molecule has 4 N–H and O–H groups in total. The first-order valence-electron chi connectivity index (χ1n) is 14.0. The zero-order valence-electron chi connectivity index (χ0n) is 24.2. The number of hydrogen-bond acceptors (Lipinski definition) is 6. The Labute approximate surface area is 256 Å². The SMILES string of the molecule is CC(C)(O)C(=O)c1cn(Cc2c(F)cccc2F)c2sc(-c3ccc(C(N)=O)cc3)c(CNCCc3ccccc3)c2c1=O. The van der Waals surface area contributed by atoms with E-state index in [4.69, 9.17) is 5.73 Å². The van der Waals surface area contributed by atoms with Crippen LogP contribution in [0.1, 0.15) is 51.3 Å². The second-order valence-electron chi connectivity index (χ2n) is 11.0. The van der Waals surface area contributed by atoms with Crippen molar-refractivity contribution in [3.05, 3.63) is 129 Å². The van der Waals surface area contributed by atoms with Gasteiger partial charge in [0.05, 0.1) is 17.5 Å². The Morgan fingerprint density at radius 2 is 1.61 bits per heavy atom. The number of nitrogens with one attached hydrogen (secondary N) is 1. The molecule has 7 nitrogen and oxygen atoms in total. The summed E-state index contributed by atoms with van der Waals surface area (Å²) in [6, 6.07) is 20.0. The van der Waals surface area contributed by atoms with E-state index < -0.39 is 34.4 Å². The van der Waals surface area contributed by atoms with Gasteiger partial charge in [-0.25, -0.2) is 8.78 Å². The van der Waals surface area contributed by atoms with Crippen LogP contribution in [-0.2, 0) is 19.5 Å². The number of hydrogen-bond donors (Lipinski definition) is 3. The number of rotatable bonds is 11. The number of pyridine rings is 1. The van der Waals surface area contributed by atoms with Crippen LogP contribution in [0.25, 0.3) is 20.7 Å². The van der Waals surface area contributed by atoms with Gasteiger partial charge in [0.1, 0.15) is 22.1 Å². The fourth-order valence-corrected chi connectivity index (χ4v) is 6.33. The number of amides is 1. The van der Waals surface area contributed by atoms with Gasteiger partial charge < -0.3 is 20.7 Å². The van der Waals surface area contributed by atoms with E-state index in [1.807, 2.05) is 30.3 Å². The van der Waals surface area contributed by atoms with Crippen LogP contribution < -0.4 is 16.5 Å². The van der Waals surface area contributed by atoms with Crippen molar-refractivity contribution in [2.45, 2.75) is 39.0 Å². The average Bonchev–Trinajstić information content (AvgIpc) is 3.38. The molecule has 226 valence electrons. The maximum absolute atomic E-state index is 14.8. The molecule has 0 aliphatic heterocycles. The van der Waals surface area contributed by atoms with Crippen molar-refractivity contribution in [1.29, 1.82) is 0 Å². The molecule has 0 saturated heterocycles. The first kappa shape index (κ1) is 30.9. The Morgan fingerprint density at radius 3 is 2.23 bits per heavy atom. The lowest BCUT2D eigenvalue weighted by atomic mass is 9.96. The molecule has 0 aliphatic rings. The van der Waals surface area contributed by atoms with Crippen LogP contribution in [0, 0.1) is 11.6 Å². The molecule has 0 unspecified atom stereocenters. The number of aromatic nitrogens is 1. The van der Waals surface area contributed by atoms with Crippen molar-refractivity contribution in [3.8, 4) is 10.4 Å². The fraction of sp³-hybridized carbons (Fsp3) is 0.206. The number of benzene rings is 3. The molecule has 0 aliphatic carbocycles. The summed E-state index contributed by atoms with van der Waals surface area (Å²) in [5, 5.41) is 14.1. The van der Waals surface area contributed by atoms with E-state index in [2.05, 4.69) is 5.32 Å². The Morgan fingerprint density at radius 1 is 0.955 bits per heavy atom. The molecule has 0 bridgehead atoms. The van der Waals surface area contributed by atoms with Crippen LogP contribution in [0.5, 0.6) is 0 Å². The number of primary amides is 1. The van der Waals surface area contributed by atoms with Gasteiger partial charge in [0.2, 0.25) is 11.3 Å². The van der Waals surface area contributed by atoms with Crippen molar-refractivity contribution in [2.24, 2.45) is 5.73 Å². The van der Waals surface area contributed by atoms with Crippen molar-refractivity contribution >= 4 is 33.2 Å². The molecule has 2 heterocycles. The van der Waals surface area contributed by atoms with Crippen molar-refractivity contribution < 1.29 is 23.5 Å². The minimum Gasteiger partial charge on any atom is -0.382 e. The molecule has 0 spiro atoms. The number of halogens is 2. The monoisotopic (exact) mass is 615 g/mol. The third kappa shape index (κ3) is 6.37. The highest BCUT2D eigenvalue weighted by Gasteiger charge is 2.31. The average molecular weight is 616 g/mol. The van der Waals surface area contributed by atoms with Gasteiger partial charge in [-0.1, -0.05) is 48.5 Å². The van der Waals surface area contributed by atoms with Crippen molar-refractivity contribution in [2.75, 3.05) is 6.54 Å². The topological polar surface area (TPSA) is 114 Å². The maximum atomic E-state index is 14.8. The summed E-state index contributed by atoms with van der Waals surface area (Å²) in [4.78, 5) is 40.1. The Hall–Kier alpha value is -4.51.